The van der Waals surface area contributed by atoms with Crippen molar-refractivity contribution in [3.05, 3.63) is 60.0 Å². The summed E-state index contributed by atoms with van der Waals surface area (Å²) < 4.78 is 8.40. The first-order valence-electron chi connectivity index (χ1n) is 26.9. The summed E-state index contributed by atoms with van der Waals surface area (Å²) in [6.45, 7) is 8.67. The van der Waals surface area contributed by atoms with Crippen LogP contribution in [0.15, 0.2) is 48.9 Å². The van der Waals surface area contributed by atoms with Crippen molar-refractivity contribution in [2.75, 3.05) is 49.5 Å². The van der Waals surface area contributed by atoms with E-state index in [0.29, 0.717) is 89.1 Å². The van der Waals surface area contributed by atoms with E-state index in [0.717, 1.165) is 96.5 Å². The Morgan fingerprint density at radius 1 is 0.803 bits per heavy atom. The minimum atomic E-state index is -0.692. The van der Waals surface area contributed by atoms with Gasteiger partial charge >= 0.3 is 0 Å². The fourth-order valence-electron chi connectivity index (χ4n) is 13.1. The number of pyridine rings is 2. The van der Waals surface area contributed by atoms with Crippen LogP contribution in [0.4, 0.5) is 11.5 Å². The molecule has 1 unspecified atom stereocenters. The zero-order valence-electron chi connectivity index (χ0n) is 41.3. The molecule has 3 aromatic heterocycles. The number of benzene rings is 1. The second kappa shape index (κ2) is 18.6. The van der Waals surface area contributed by atoms with Gasteiger partial charge < -0.3 is 34.2 Å². The molecule has 1 aromatic carbocycles. The molecule has 8 aliphatic rings. The lowest BCUT2D eigenvalue weighted by molar-refractivity contribution is -0.140. The number of likely N-dealkylation sites (tertiary alicyclic amines) is 3. The zero-order chi connectivity index (χ0) is 48.5. The molecule has 16 nitrogen and oxygen atoms in total. The molecule has 5 amide bonds. The van der Waals surface area contributed by atoms with Crippen molar-refractivity contribution < 1.29 is 28.7 Å². The van der Waals surface area contributed by atoms with Crippen molar-refractivity contribution in [1.82, 2.24) is 39.5 Å². The molecule has 71 heavy (non-hydrogen) atoms. The molecule has 3 aliphatic carbocycles. The monoisotopic (exact) mass is 965 g/mol. The van der Waals surface area contributed by atoms with Crippen molar-refractivity contribution >= 4 is 52.1 Å². The van der Waals surface area contributed by atoms with Gasteiger partial charge in [-0.25, -0.2) is 15.0 Å². The smallest absolute Gasteiger partial charge is 0.238 e. The fourth-order valence-corrected chi connectivity index (χ4v) is 13.1. The first-order chi connectivity index (χ1) is 34.5. The van der Waals surface area contributed by atoms with Crippen molar-refractivity contribution in [3.63, 3.8) is 0 Å². The Hall–Kier alpha value is -5.90. The number of piperidine rings is 3. The lowest BCUT2D eigenvalue weighted by atomic mass is 9.73. The normalized spacial score (nSPS) is 27.8. The van der Waals surface area contributed by atoms with Crippen molar-refractivity contribution in [2.45, 2.75) is 158 Å². The molecular formula is C55H68N10O6. The average molecular weight is 965 g/mol. The van der Waals surface area contributed by atoms with Crippen LogP contribution in [-0.2, 0) is 29.4 Å². The summed E-state index contributed by atoms with van der Waals surface area (Å²) in [5.74, 6) is 0.496. The van der Waals surface area contributed by atoms with E-state index in [4.69, 9.17) is 14.7 Å². The molecule has 4 aromatic rings. The molecule has 2 N–H and O–H groups in total. The fraction of sp³-hybridized carbons (Fsp3) is 0.600. The van der Waals surface area contributed by atoms with E-state index >= 15 is 4.79 Å². The second-order valence-corrected chi connectivity index (χ2v) is 22.4. The van der Waals surface area contributed by atoms with Gasteiger partial charge in [-0.15, -0.1) is 0 Å². The maximum absolute atomic E-state index is 15.2. The van der Waals surface area contributed by atoms with Crippen LogP contribution in [0.3, 0.4) is 0 Å². The van der Waals surface area contributed by atoms with E-state index in [2.05, 4.69) is 68.1 Å². The summed E-state index contributed by atoms with van der Waals surface area (Å²) in [4.78, 5) is 90.5. The summed E-state index contributed by atoms with van der Waals surface area (Å²) in [7, 11) is 0. The van der Waals surface area contributed by atoms with Crippen LogP contribution >= 0.6 is 0 Å². The highest BCUT2D eigenvalue weighted by atomic mass is 16.5. The number of anilines is 2. The Bertz CT molecular complexity index is 2720. The van der Waals surface area contributed by atoms with E-state index < -0.39 is 11.3 Å². The van der Waals surface area contributed by atoms with Crippen LogP contribution < -0.4 is 20.3 Å². The van der Waals surface area contributed by atoms with Crippen LogP contribution in [0.25, 0.3) is 22.3 Å². The molecule has 12 rings (SSSR count). The Morgan fingerprint density at radius 2 is 1.58 bits per heavy atom. The molecule has 5 aliphatic heterocycles. The highest BCUT2D eigenvalue weighted by Crippen LogP contribution is 2.52. The zero-order valence-corrected chi connectivity index (χ0v) is 41.3. The van der Waals surface area contributed by atoms with Crippen molar-refractivity contribution in [1.29, 1.82) is 0 Å². The number of ether oxygens (including phenoxy) is 1. The Labute approximate surface area is 415 Å². The van der Waals surface area contributed by atoms with Crippen LogP contribution in [0.5, 0.6) is 5.88 Å². The first kappa shape index (κ1) is 46.2. The predicted molar refractivity (Wildman–Crippen MR) is 268 cm³/mol. The minimum Gasteiger partial charge on any atom is -0.474 e. The molecule has 1 spiro atoms. The average Bonchev–Trinajstić information content (AvgIpc) is 3.76. The quantitative estimate of drug-likeness (QED) is 0.150. The van der Waals surface area contributed by atoms with Gasteiger partial charge in [-0.1, -0.05) is 24.6 Å². The van der Waals surface area contributed by atoms with Crippen molar-refractivity contribution in [2.24, 2.45) is 11.8 Å². The number of imide groups is 1. The molecule has 3 saturated carbocycles. The number of fused-ring (bicyclic) bond motifs is 3. The molecule has 4 saturated heterocycles. The number of aromatic nitrogens is 4. The number of nitrogens with one attached hydrogen (secondary N) is 2. The van der Waals surface area contributed by atoms with E-state index in [1.165, 1.54) is 19.3 Å². The van der Waals surface area contributed by atoms with Crippen LogP contribution in [0, 0.1) is 11.8 Å². The third kappa shape index (κ3) is 8.64. The van der Waals surface area contributed by atoms with Gasteiger partial charge in [-0.3, -0.25) is 29.3 Å². The molecular weight excluding hydrogens is 897 g/mol. The van der Waals surface area contributed by atoms with Crippen LogP contribution in [0.1, 0.15) is 140 Å². The third-order valence-electron chi connectivity index (χ3n) is 17.6. The van der Waals surface area contributed by atoms with E-state index in [9.17, 15) is 19.2 Å². The summed E-state index contributed by atoms with van der Waals surface area (Å²) in [5, 5.41) is 6.10. The number of carbonyl (C=O) groups is 5. The van der Waals surface area contributed by atoms with Gasteiger partial charge in [-0.2, -0.15) is 0 Å². The Morgan fingerprint density at radius 3 is 2.30 bits per heavy atom. The number of carbonyl (C=O) groups excluding carboxylic acids is 5. The maximum Gasteiger partial charge on any atom is 0.238 e. The maximum atomic E-state index is 15.2. The molecule has 374 valence electrons. The second-order valence-electron chi connectivity index (χ2n) is 22.4. The van der Waals surface area contributed by atoms with E-state index in [-0.39, 0.29) is 59.6 Å². The van der Waals surface area contributed by atoms with Gasteiger partial charge in [-0.05, 0) is 140 Å². The summed E-state index contributed by atoms with van der Waals surface area (Å²) >= 11 is 0. The minimum absolute atomic E-state index is 0.0586. The highest BCUT2D eigenvalue weighted by molar-refractivity contribution is 6.09. The number of imidazole rings is 1. The predicted octanol–water partition coefficient (Wildman–Crippen LogP) is 6.88. The summed E-state index contributed by atoms with van der Waals surface area (Å²) in [6, 6.07) is 13.6. The Kier molecular flexibility index (Phi) is 12.1. The van der Waals surface area contributed by atoms with E-state index in [1.54, 1.807) is 12.3 Å². The standard InChI is InChI=1S/C55H68N10O6/c1-33(2)64-32-57-45-29-44(59-50(49(45)64)58-38-10-11-38)35-8-15-43-46(26-35)65(40-27-39(28-40)61-21-4-3-5-22-61)54(70)55(43)19-24-62(25-20-55)53(69)37-18-23-63(31-37)52(68)34-6-12-41(13-7-34)71-48-17-9-36(30-56-48)42-14-16-47(66)60-51(42)67/h8-9,15,17,26,29-30,32-34,37-42H,3-7,10-14,16,18-25,27-28,31H2,1-2H3,(H,58,59)(H,60,66,67)/t34-,37-,39-,40+,41-,42?/m1/s1. The van der Waals surface area contributed by atoms with Crippen LogP contribution in [0.2, 0.25) is 0 Å². The SMILES string of the molecule is CC(C)n1cnc2cc(-c3ccc4c(c3)N([C@H]3C[C@@H](N5CCCCC5)C3)C(=O)C43CCN(C(=O)[C@@H]4CCN(C(=O)[C@H]5CC[C@H](Oc6ccc(C7CCC(=O)NC7=O)cn6)CC5)C4)CC3)nc(NC3CC3)c21. The van der Waals surface area contributed by atoms with Gasteiger partial charge in [0.25, 0.3) is 0 Å². The number of hydrogen-bond acceptors (Lipinski definition) is 11. The Balaban J connectivity index is 0.697. The number of rotatable bonds is 11. The van der Waals surface area contributed by atoms with Gasteiger partial charge in [0.05, 0.1) is 34.8 Å². The topological polar surface area (TPSA) is 175 Å². The molecule has 16 heteroatoms. The summed E-state index contributed by atoms with van der Waals surface area (Å²) in [5.41, 5.74) is 5.92. The molecule has 0 bridgehead atoms. The molecule has 2 atom stereocenters. The lowest BCUT2D eigenvalue weighted by Gasteiger charge is -2.48. The molecule has 7 fully saturated rings. The van der Waals surface area contributed by atoms with Crippen molar-refractivity contribution in [3.8, 4) is 17.1 Å². The van der Waals surface area contributed by atoms with Gasteiger partial charge in [0.2, 0.25) is 35.4 Å². The van der Waals surface area contributed by atoms with Crippen LogP contribution in [-0.4, -0.2) is 127 Å². The number of amides is 5. The van der Waals surface area contributed by atoms with E-state index in [1.807, 2.05) is 22.2 Å². The van der Waals surface area contributed by atoms with Gasteiger partial charge in [0.1, 0.15) is 11.6 Å². The van der Waals surface area contributed by atoms with Gasteiger partial charge in [0.15, 0.2) is 5.82 Å². The highest BCUT2D eigenvalue weighted by Gasteiger charge is 2.56. The lowest BCUT2D eigenvalue weighted by Crippen LogP contribution is -2.58. The number of nitrogens with zero attached hydrogens (tertiary/aromatic N) is 8. The first-order valence-corrected chi connectivity index (χ1v) is 26.9. The van der Waals surface area contributed by atoms with Gasteiger partial charge in [0, 0.05) is 86.2 Å². The molecule has 0 radical (unpaired) electrons. The number of hydrogen-bond donors (Lipinski definition) is 2. The summed E-state index contributed by atoms with van der Waals surface area (Å²) in [6.07, 6.45) is 17.0. The largest absolute Gasteiger partial charge is 0.474 e. The third-order valence-corrected chi connectivity index (χ3v) is 17.6. The molecule has 8 heterocycles.